The highest BCUT2D eigenvalue weighted by atomic mass is 16.5. The van der Waals surface area contributed by atoms with Crippen molar-refractivity contribution in [1.29, 1.82) is 0 Å². The van der Waals surface area contributed by atoms with Crippen LogP contribution in [0.3, 0.4) is 0 Å². The van der Waals surface area contributed by atoms with E-state index in [9.17, 15) is 19.8 Å². The van der Waals surface area contributed by atoms with Crippen LogP contribution in [0.1, 0.15) is 418 Å². The van der Waals surface area contributed by atoms with Crippen molar-refractivity contribution in [1.82, 2.24) is 5.32 Å². The van der Waals surface area contributed by atoms with Gasteiger partial charge in [0.05, 0.1) is 25.4 Å². The number of hydrogen-bond donors (Lipinski definition) is 3. The standard InChI is InChI=1S/C75H145NO5/c1-3-5-7-9-11-13-15-17-19-21-22-23-24-25-27-30-33-36-39-43-47-51-55-59-63-67-73(78)72(71-77)76-74(79)68-64-60-56-52-48-44-40-37-34-31-28-26-29-32-35-38-42-46-50-54-58-62-66-70-81-75(80)69-65-61-57-53-49-45-41-20-18-16-14-12-10-8-6-4-2/h26,29,31,34,72-73,77-78H,3-25,27-28,30,32-33,35-71H2,1-2H3,(H,76,79)/b29-26-,34-31-. The zero-order valence-corrected chi connectivity index (χ0v) is 55.0. The third-order valence-corrected chi connectivity index (χ3v) is 17.5. The van der Waals surface area contributed by atoms with E-state index in [1.165, 1.54) is 340 Å². The largest absolute Gasteiger partial charge is 0.466 e. The second-order valence-corrected chi connectivity index (χ2v) is 25.6. The summed E-state index contributed by atoms with van der Waals surface area (Å²) in [4.78, 5) is 24.7. The van der Waals surface area contributed by atoms with Crippen molar-refractivity contribution in [2.24, 2.45) is 0 Å². The summed E-state index contributed by atoms with van der Waals surface area (Å²) in [6, 6.07) is -0.551. The molecule has 0 spiro atoms. The molecule has 0 aliphatic rings. The van der Waals surface area contributed by atoms with E-state index in [1.54, 1.807) is 0 Å². The van der Waals surface area contributed by atoms with Gasteiger partial charge in [-0.05, 0) is 57.8 Å². The Balaban J connectivity index is 3.43. The fraction of sp³-hybridized carbons (Fsp3) is 0.920. The van der Waals surface area contributed by atoms with E-state index in [2.05, 4.69) is 43.5 Å². The summed E-state index contributed by atoms with van der Waals surface area (Å²) in [5.41, 5.74) is 0. The number of allylic oxidation sites excluding steroid dienone is 4. The summed E-state index contributed by atoms with van der Waals surface area (Å²) in [5, 5.41) is 23.4. The van der Waals surface area contributed by atoms with Crippen molar-refractivity contribution < 1.29 is 24.5 Å². The molecule has 0 saturated heterocycles. The first-order valence-corrected chi connectivity index (χ1v) is 37.1. The zero-order valence-electron chi connectivity index (χ0n) is 55.0. The van der Waals surface area contributed by atoms with Gasteiger partial charge in [0, 0.05) is 12.8 Å². The third kappa shape index (κ3) is 67.3. The lowest BCUT2D eigenvalue weighted by atomic mass is 10.0. The van der Waals surface area contributed by atoms with Gasteiger partial charge in [0.25, 0.3) is 0 Å². The molecule has 0 saturated carbocycles. The number of hydrogen-bond acceptors (Lipinski definition) is 5. The molecule has 0 aromatic heterocycles. The Labute approximate surface area is 507 Å². The first-order chi connectivity index (χ1) is 40.0. The summed E-state index contributed by atoms with van der Waals surface area (Å²) in [6.45, 7) is 4.99. The summed E-state index contributed by atoms with van der Waals surface area (Å²) in [7, 11) is 0. The van der Waals surface area contributed by atoms with Crippen molar-refractivity contribution in [3.05, 3.63) is 24.3 Å². The van der Waals surface area contributed by atoms with Crippen LogP contribution in [-0.4, -0.2) is 47.4 Å². The smallest absolute Gasteiger partial charge is 0.305 e. The summed E-state index contributed by atoms with van der Waals surface area (Å²) in [6.07, 6.45) is 89.5. The molecule has 0 bridgehead atoms. The van der Waals surface area contributed by atoms with Gasteiger partial charge in [0.15, 0.2) is 0 Å². The number of rotatable bonds is 70. The van der Waals surface area contributed by atoms with Crippen LogP contribution in [0.15, 0.2) is 24.3 Å². The van der Waals surface area contributed by atoms with Gasteiger partial charge in [-0.3, -0.25) is 9.59 Å². The lowest BCUT2D eigenvalue weighted by Crippen LogP contribution is -2.45. The van der Waals surface area contributed by atoms with E-state index in [-0.39, 0.29) is 18.5 Å². The first-order valence-electron chi connectivity index (χ1n) is 37.1. The molecular formula is C75H145NO5. The highest BCUT2D eigenvalue weighted by molar-refractivity contribution is 5.76. The van der Waals surface area contributed by atoms with Crippen LogP contribution in [0.25, 0.3) is 0 Å². The van der Waals surface area contributed by atoms with Gasteiger partial charge in [-0.1, -0.05) is 372 Å². The van der Waals surface area contributed by atoms with Crippen LogP contribution in [0, 0.1) is 0 Å². The Kier molecular flexibility index (Phi) is 69.4. The van der Waals surface area contributed by atoms with Crippen LogP contribution >= 0.6 is 0 Å². The number of nitrogens with one attached hydrogen (secondary N) is 1. The van der Waals surface area contributed by atoms with Crippen LogP contribution in [0.5, 0.6) is 0 Å². The number of ether oxygens (including phenoxy) is 1. The van der Waals surface area contributed by atoms with E-state index in [0.717, 1.165) is 44.9 Å². The highest BCUT2D eigenvalue weighted by Gasteiger charge is 2.20. The average Bonchev–Trinajstić information content (AvgIpc) is 3.47. The molecule has 480 valence electrons. The topological polar surface area (TPSA) is 95.9 Å². The SMILES string of the molecule is CCCCCCCCCCCCCCCCCCCCCCCCCCCC(O)C(CO)NC(=O)CCCCCCCCC/C=C\C/C=C\CCCCCCCCCCCOC(=O)CCCCCCCCCCCCCCCCCC. The number of amides is 1. The van der Waals surface area contributed by atoms with Crippen LogP contribution in [0.2, 0.25) is 0 Å². The van der Waals surface area contributed by atoms with Crippen molar-refractivity contribution in [2.75, 3.05) is 13.2 Å². The van der Waals surface area contributed by atoms with Gasteiger partial charge in [0.1, 0.15) is 0 Å². The molecule has 2 atom stereocenters. The van der Waals surface area contributed by atoms with Gasteiger partial charge in [-0.15, -0.1) is 0 Å². The molecule has 2 unspecified atom stereocenters. The van der Waals surface area contributed by atoms with Crippen molar-refractivity contribution >= 4 is 11.9 Å². The number of carbonyl (C=O) groups is 2. The number of esters is 1. The molecule has 3 N–H and O–H groups in total. The molecule has 6 heteroatoms. The molecule has 0 aromatic carbocycles. The zero-order chi connectivity index (χ0) is 58.5. The minimum absolute atomic E-state index is 0.0117. The maximum Gasteiger partial charge on any atom is 0.305 e. The normalized spacial score (nSPS) is 12.6. The molecule has 0 heterocycles. The minimum atomic E-state index is -0.673. The highest BCUT2D eigenvalue weighted by Crippen LogP contribution is 2.19. The van der Waals surface area contributed by atoms with Gasteiger partial charge in [-0.25, -0.2) is 0 Å². The molecule has 0 rings (SSSR count). The van der Waals surface area contributed by atoms with E-state index < -0.39 is 12.1 Å². The Hall–Kier alpha value is -1.66. The van der Waals surface area contributed by atoms with Gasteiger partial charge in [0.2, 0.25) is 5.91 Å². The fourth-order valence-corrected chi connectivity index (χ4v) is 11.9. The van der Waals surface area contributed by atoms with Crippen LogP contribution < -0.4 is 5.32 Å². The molecule has 0 radical (unpaired) electrons. The lowest BCUT2D eigenvalue weighted by Gasteiger charge is -2.22. The first kappa shape index (κ1) is 79.3. The molecular weight excluding hydrogens is 995 g/mol. The van der Waals surface area contributed by atoms with Crippen molar-refractivity contribution in [3.63, 3.8) is 0 Å². The number of carbonyl (C=O) groups excluding carboxylic acids is 2. The molecule has 6 nitrogen and oxygen atoms in total. The minimum Gasteiger partial charge on any atom is -0.466 e. The van der Waals surface area contributed by atoms with Crippen molar-refractivity contribution in [2.45, 2.75) is 431 Å². The van der Waals surface area contributed by atoms with E-state index in [4.69, 9.17) is 4.74 Å². The van der Waals surface area contributed by atoms with Crippen LogP contribution in [0.4, 0.5) is 0 Å². The van der Waals surface area contributed by atoms with Crippen molar-refractivity contribution in [3.8, 4) is 0 Å². The predicted octanol–water partition coefficient (Wildman–Crippen LogP) is 24.1. The van der Waals surface area contributed by atoms with E-state index in [1.807, 2.05) is 0 Å². The lowest BCUT2D eigenvalue weighted by molar-refractivity contribution is -0.143. The third-order valence-electron chi connectivity index (χ3n) is 17.5. The molecule has 1 amide bonds. The monoisotopic (exact) mass is 1140 g/mol. The predicted molar refractivity (Wildman–Crippen MR) is 356 cm³/mol. The summed E-state index contributed by atoms with van der Waals surface area (Å²) >= 11 is 0. The average molecular weight is 1140 g/mol. The van der Waals surface area contributed by atoms with E-state index >= 15 is 0 Å². The molecule has 0 fully saturated rings. The Bertz CT molecular complexity index is 1270. The maximum absolute atomic E-state index is 12.6. The Morgan fingerprint density at radius 1 is 0.346 bits per heavy atom. The Morgan fingerprint density at radius 2 is 0.617 bits per heavy atom. The maximum atomic E-state index is 12.6. The number of aliphatic hydroxyl groups is 2. The second kappa shape index (κ2) is 70.8. The van der Waals surface area contributed by atoms with Gasteiger partial charge >= 0.3 is 5.97 Å². The molecule has 0 aliphatic carbocycles. The molecule has 81 heavy (non-hydrogen) atoms. The number of aliphatic hydroxyl groups excluding tert-OH is 2. The Morgan fingerprint density at radius 3 is 0.938 bits per heavy atom. The quantitative estimate of drug-likeness (QED) is 0.0320. The van der Waals surface area contributed by atoms with Crippen LogP contribution in [-0.2, 0) is 14.3 Å². The van der Waals surface area contributed by atoms with Gasteiger partial charge in [-0.2, -0.15) is 0 Å². The summed E-state index contributed by atoms with van der Waals surface area (Å²) < 4.78 is 5.50. The van der Waals surface area contributed by atoms with Gasteiger partial charge < -0.3 is 20.3 Å². The second-order valence-electron chi connectivity index (χ2n) is 25.6. The number of unbranched alkanes of at least 4 members (excludes halogenated alkanes) is 55. The molecule has 0 aliphatic heterocycles. The summed E-state index contributed by atoms with van der Waals surface area (Å²) in [5.74, 6) is -0.0286. The fourth-order valence-electron chi connectivity index (χ4n) is 11.9. The van der Waals surface area contributed by atoms with E-state index in [0.29, 0.717) is 25.9 Å². The molecule has 0 aromatic rings.